The molecule has 1 aliphatic rings. The van der Waals surface area contributed by atoms with Gasteiger partial charge in [-0.25, -0.2) is 0 Å². The maximum absolute atomic E-state index is 10.7. The Hall–Kier alpha value is -2.44. The third kappa shape index (κ3) is 2.26. The number of nitro groups is 1. The molecule has 0 aromatic heterocycles. The average Bonchev–Trinajstić information content (AvgIpc) is 2.84. The summed E-state index contributed by atoms with van der Waals surface area (Å²) >= 11 is 0. The van der Waals surface area contributed by atoms with E-state index >= 15 is 0 Å². The minimum absolute atomic E-state index is 0.0146. The van der Waals surface area contributed by atoms with Crippen LogP contribution in [-0.4, -0.2) is 25.9 Å². The van der Waals surface area contributed by atoms with Crippen molar-refractivity contribution in [1.82, 2.24) is 0 Å². The van der Waals surface area contributed by atoms with E-state index in [9.17, 15) is 10.1 Å². The fraction of sp³-hybridized carbons (Fsp3) is 0.333. The highest BCUT2D eigenvalue weighted by Crippen LogP contribution is 2.49. The maximum Gasteiger partial charge on any atom is 0.243 e. The van der Waals surface area contributed by atoms with Crippen LogP contribution in [0.1, 0.15) is 12.5 Å². The molecule has 0 saturated heterocycles. The van der Waals surface area contributed by atoms with Gasteiger partial charge < -0.3 is 18.9 Å². The zero-order valence-electron chi connectivity index (χ0n) is 10.8. The molecule has 7 nitrogen and oxygen atoms in total. The van der Waals surface area contributed by atoms with Crippen LogP contribution >= 0.6 is 0 Å². The molecular weight excluding hydrogens is 254 g/mol. The Balaban J connectivity index is 2.61. The molecule has 2 rings (SSSR count). The molecule has 0 aliphatic carbocycles. The van der Waals surface area contributed by atoms with Crippen LogP contribution in [0.2, 0.25) is 0 Å². The monoisotopic (exact) mass is 267 g/mol. The molecule has 0 N–H and O–H groups in total. The van der Waals surface area contributed by atoms with E-state index in [1.807, 2.05) is 0 Å². The largest absolute Gasteiger partial charge is 0.492 e. The lowest BCUT2D eigenvalue weighted by atomic mass is 10.1. The van der Waals surface area contributed by atoms with Crippen molar-refractivity contribution in [3.05, 3.63) is 27.4 Å². The summed E-state index contributed by atoms with van der Waals surface area (Å²) in [4.78, 5) is 10.2. The van der Waals surface area contributed by atoms with Gasteiger partial charge in [-0.2, -0.15) is 0 Å². The third-order valence-corrected chi connectivity index (χ3v) is 2.66. The second kappa shape index (κ2) is 5.05. The molecule has 102 valence electrons. The van der Waals surface area contributed by atoms with Crippen LogP contribution in [0.3, 0.4) is 0 Å². The van der Waals surface area contributed by atoms with E-state index in [2.05, 4.69) is 0 Å². The molecule has 0 fully saturated rings. The van der Waals surface area contributed by atoms with Gasteiger partial charge in [0.2, 0.25) is 24.0 Å². The second-order valence-electron chi connectivity index (χ2n) is 3.81. The highest BCUT2D eigenvalue weighted by atomic mass is 16.7. The number of benzene rings is 1. The van der Waals surface area contributed by atoms with E-state index in [0.29, 0.717) is 28.6 Å². The minimum atomic E-state index is -0.476. The molecule has 0 amide bonds. The van der Waals surface area contributed by atoms with E-state index in [0.717, 1.165) is 0 Å². The average molecular weight is 267 g/mol. The molecule has 0 radical (unpaired) electrons. The lowest BCUT2D eigenvalue weighted by molar-refractivity contribution is -0.422. The summed E-state index contributed by atoms with van der Waals surface area (Å²) in [6.07, 6.45) is 1.39. The number of hydrogen-bond donors (Lipinski definition) is 0. The summed E-state index contributed by atoms with van der Waals surface area (Å²) in [6.45, 7) is 1.48. The van der Waals surface area contributed by atoms with Gasteiger partial charge in [-0.05, 0) is 6.07 Å². The van der Waals surface area contributed by atoms with E-state index in [-0.39, 0.29) is 12.5 Å². The van der Waals surface area contributed by atoms with Crippen molar-refractivity contribution in [3.63, 3.8) is 0 Å². The molecule has 1 aromatic carbocycles. The van der Waals surface area contributed by atoms with Crippen molar-refractivity contribution in [1.29, 1.82) is 0 Å². The summed E-state index contributed by atoms with van der Waals surface area (Å²) in [7, 11) is 2.92. The van der Waals surface area contributed by atoms with Crippen molar-refractivity contribution < 1.29 is 23.9 Å². The Morgan fingerprint density at radius 2 is 2.05 bits per heavy atom. The zero-order valence-corrected chi connectivity index (χ0v) is 10.8. The van der Waals surface area contributed by atoms with Crippen molar-refractivity contribution in [3.8, 4) is 23.0 Å². The molecule has 19 heavy (non-hydrogen) atoms. The Morgan fingerprint density at radius 1 is 1.37 bits per heavy atom. The number of allylic oxidation sites excluding steroid dienone is 1. The van der Waals surface area contributed by atoms with Crippen LogP contribution in [0.5, 0.6) is 23.0 Å². The number of fused-ring (bicyclic) bond motifs is 1. The summed E-state index contributed by atoms with van der Waals surface area (Å²) in [6, 6.07) is 1.62. The van der Waals surface area contributed by atoms with Gasteiger partial charge in [-0.15, -0.1) is 0 Å². The van der Waals surface area contributed by atoms with Crippen molar-refractivity contribution in [2.75, 3.05) is 21.0 Å². The number of methoxy groups -OCH3 is 2. The molecule has 7 heteroatoms. The molecule has 0 atom stereocenters. The smallest absolute Gasteiger partial charge is 0.243 e. The van der Waals surface area contributed by atoms with E-state index in [4.69, 9.17) is 18.9 Å². The van der Waals surface area contributed by atoms with E-state index in [1.54, 1.807) is 6.07 Å². The van der Waals surface area contributed by atoms with Crippen LogP contribution < -0.4 is 18.9 Å². The number of rotatable bonds is 4. The quantitative estimate of drug-likeness (QED) is 0.613. The van der Waals surface area contributed by atoms with E-state index < -0.39 is 4.92 Å². The third-order valence-electron chi connectivity index (χ3n) is 2.66. The highest BCUT2D eigenvalue weighted by molar-refractivity contribution is 5.71. The van der Waals surface area contributed by atoms with Crippen molar-refractivity contribution in [2.24, 2.45) is 0 Å². The fourth-order valence-corrected chi connectivity index (χ4v) is 1.80. The normalized spacial score (nSPS) is 13.3. The van der Waals surface area contributed by atoms with Crippen LogP contribution in [-0.2, 0) is 0 Å². The van der Waals surface area contributed by atoms with Crippen LogP contribution in [0.15, 0.2) is 11.8 Å². The number of nitrogens with zero attached hydrogens (tertiary/aromatic N) is 1. The summed E-state index contributed by atoms with van der Waals surface area (Å²) < 4.78 is 21.0. The zero-order chi connectivity index (χ0) is 14.0. The van der Waals surface area contributed by atoms with Gasteiger partial charge in [0.1, 0.15) is 0 Å². The van der Waals surface area contributed by atoms with Crippen LogP contribution in [0, 0.1) is 10.1 Å². The molecule has 1 aliphatic heterocycles. The first kappa shape index (κ1) is 13.0. The predicted octanol–water partition coefficient (Wildman–Crippen LogP) is 2.07. The van der Waals surface area contributed by atoms with Crippen molar-refractivity contribution in [2.45, 2.75) is 6.92 Å². The lowest BCUT2D eigenvalue weighted by Gasteiger charge is -2.12. The SMILES string of the molecule is COc1c(C=C(C)[N+](=O)[O-])cc2c(c1OC)OCO2. The topological polar surface area (TPSA) is 80.1 Å². The fourth-order valence-electron chi connectivity index (χ4n) is 1.80. The first-order chi connectivity index (χ1) is 9.08. The Labute approximate surface area is 109 Å². The molecule has 0 saturated carbocycles. The lowest BCUT2D eigenvalue weighted by Crippen LogP contribution is -1.97. The van der Waals surface area contributed by atoms with Gasteiger partial charge in [0.05, 0.1) is 19.1 Å². The van der Waals surface area contributed by atoms with Crippen LogP contribution in [0.4, 0.5) is 0 Å². The standard InChI is InChI=1S/C12H13NO6/c1-7(13(14)15)4-8-5-9-11(19-6-18-9)12(17-3)10(8)16-2/h4-5H,6H2,1-3H3. The molecule has 0 bridgehead atoms. The Kier molecular flexibility index (Phi) is 3.46. The minimum Gasteiger partial charge on any atom is -0.492 e. The second-order valence-corrected chi connectivity index (χ2v) is 3.81. The van der Waals surface area contributed by atoms with Gasteiger partial charge in [-0.1, -0.05) is 0 Å². The Morgan fingerprint density at radius 3 is 2.63 bits per heavy atom. The molecule has 1 aromatic rings. The number of ether oxygens (including phenoxy) is 4. The van der Waals surface area contributed by atoms with Gasteiger partial charge in [-0.3, -0.25) is 10.1 Å². The summed E-state index contributed by atoms with van der Waals surface area (Å²) in [5.41, 5.74) is 0.483. The first-order valence-electron chi connectivity index (χ1n) is 5.45. The van der Waals surface area contributed by atoms with Crippen LogP contribution in [0.25, 0.3) is 6.08 Å². The molecule has 1 heterocycles. The highest BCUT2D eigenvalue weighted by Gasteiger charge is 2.26. The first-order valence-corrected chi connectivity index (χ1v) is 5.45. The van der Waals surface area contributed by atoms with E-state index in [1.165, 1.54) is 27.2 Å². The van der Waals surface area contributed by atoms with Gasteiger partial charge in [0.15, 0.2) is 11.5 Å². The predicted molar refractivity (Wildman–Crippen MR) is 66.3 cm³/mol. The van der Waals surface area contributed by atoms with Crippen molar-refractivity contribution >= 4 is 6.08 Å². The number of hydrogen-bond acceptors (Lipinski definition) is 6. The Bertz CT molecular complexity index is 552. The molecule has 0 spiro atoms. The molecule has 0 unspecified atom stereocenters. The van der Waals surface area contributed by atoms with Gasteiger partial charge in [0, 0.05) is 18.6 Å². The summed E-state index contributed by atoms with van der Waals surface area (Å²) in [5, 5.41) is 10.7. The van der Waals surface area contributed by atoms with Gasteiger partial charge in [0.25, 0.3) is 0 Å². The maximum atomic E-state index is 10.7. The summed E-state index contributed by atoms with van der Waals surface area (Å²) in [5.74, 6) is 1.64. The van der Waals surface area contributed by atoms with Gasteiger partial charge >= 0.3 is 0 Å². The molecular formula is C12H13NO6.